The number of aryl methyl sites for hydroxylation is 2. The van der Waals surface area contributed by atoms with Crippen LogP contribution >= 0.6 is 0 Å². The number of hydrogen-bond acceptors (Lipinski definition) is 5. The van der Waals surface area contributed by atoms with Crippen LogP contribution < -0.4 is 5.43 Å². The molecular weight excluding hydrogens is 356 g/mol. The van der Waals surface area contributed by atoms with Gasteiger partial charge in [-0.05, 0) is 32.0 Å². The lowest BCUT2D eigenvalue weighted by molar-refractivity contribution is 0.0601. The first-order valence-corrected chi connectivity index (χ1v) is 9.57. The third-order valence-corrected chi connectivity index (χ3v) is 5.24. The van der Waals surface area contributed by atoms with Crippen LogP contribution in [0.1, 0.15) is 21.9 Å². The highest BCUT2D eigenvalue weighted by molar-refractivity contribution is 5.93. The molecule has 0 aliphatic carbocycles. The zero-order valence-electron chi connectivity index (χ0n) is 16.2. The van der Waals surface area contributed by atoms with Crippen molar-refractivity contribution in [2.75, 3.05) is 32.7 Å². The monoisotopic (exact) mass is 380 g/mol. The van der Waals surface area contributed by atoms with Crippen LogP contribution in [-0.4, -0.2) is 58.2 Å². The van der Waals surface area contributed by atoms with Gasteiger partial charge in [0.05, 0.1) is 17.6 Å². The summed E-state index contributed by atoms with van der Waals surface area (Å²) in [4.78, 5) is 29.1. The Morgan fingerprint density at radius 3 is 2.54 bits per heavy atom. The average molecular weight is 380 g/mol. The number of amides is 1. The Bertz CT molecular complexity index is 1060. The Kier molecular flexibility index (Phi) is 5.00. The number of carbonyl (C=O) groups excluding carboxylic acids is 1. The van der Waals surface area contributed by atoms with Crippen LogP contribution in [0.25, 0.3) is 11.0 Å². The first-order valence-electron chi connectivity index (χ1n) is 9.57. The molecule has 7 heteroatoms. The van der Waals surface area contributed by atoms with Crippen molar-refractivity contribution in [1.29, 1.82) is 0 Å². The van der Waals surface area contributed by atoms with Crippen molar-refractivity contribution in [1.82, 2.24) is 19.6 Å². The molecule has 7 nitrogen and oxygen atoms in total. The number of para-hydroxylation sites is 1. The first kappa shape index (κ1) is 18.4. The van der Waals surface area contributed by atoms with E-state index >= 15 is 0 Å². The highest BCUT2D eigenvalue weighted by atomic mass is 16.3. The SMILES string of the molecule is Cc1cc(C)n(CCN2CCN(C(=O)c3cc(=O)c4ccccc4o3)CC2)n1. The summed E-state index contributed by atoms with van der Waals surface area (Å²) in [6.07, 6.45) is 0. The molecule has 1 amide bonds. The van der Waals surface area contributed by atoms with Gasteiger partial charge in [0.2, 0.25) is 0 Å². The first-order chi connectivity index (χ1) is 13.5. The fraction of sp³-hybridized carbons (Fsp3) is 0.381. The zero-order chi connectivity index (χ0) is 19.7. The van der Waals surface area contributed by atoms with Crippen LogP contribution in [0.4, 0.5) is 0 Å². The van der Waals surface area contributed by atoms with Gasteiger partial charge in [-0.2, -0.15) is 5.10 Å². The minimum atomic E-state index is -0.221. The van der Waals surface area contributed by atoms with Crippen LogP contribution in [0.5, 0.6) is 0 Å². The normalized spacial score (nSPS) is 15.3. The predicted molar refractivity (Wildman–Crippen MR) is 107 cm³/mol. The molecule has 4 rings (SSSR count). The molecule has 0 radical (unpaired) electrons. The zero-order valence-corrected chi connectivity index (χ0v) is 16.2. The largest absolute Gasteiger partial charge is 0.451 e. The van der Waals surface area contributed by atoms with Gasteiger partial charge in [0.1, 0.15) is 5.58 Å². The second-order valence-corrected chi connectivity index (χ2v) is 7.26. The second-order valence-electron chi connectivity index (χ2n) is 7.26. The number of piperazine rings is 1. The van der Waals surface area contributed by atoms with E-state index in [1.165, 1.54) is 6.07 Å². The smallest absolute Gasteiger partial charge is 0.289 e. The Morgan fingerprint density at radius 1 is 1.07 bits per heavy atom. The van der Waals surface area contributed by atoms with Crippen molar-refractivity contribution in [2.24, 2.45) is 0 Å². The lowest BCUT2D eigenvalue weighted by atomic mass is 10.2. The number of rotatable bonds is 4. The summed E-state index contributed by atoms with van der Waals surface area (Å²) in [7, 11) is 0. The van der Waals surface area contributed by atoms with Gasteiger partial charge in [-0.1, -0.05) is 12.1 Å². The van der Waals surface area contributed by atoms with E-state index in [1.54, 1.807) is 29.2 Å². The van der Waals surface area contributed by atoms with Gasteiger partial charge in [-0.25, -0.2) is 0 Å². The van der Waals surface area contributed by atoms with Gasteiger partial charge < -0.3 is 9.32 Å². The van der Waals surface area contributed by atoms with E-state index in [2.05, 4.69) is 23.0 Å². The molecule has 1 aromatic carbocycles. The van der Waals surface area contributed by atoms with Crippen LogP contribution in [0.3, 0.4) is 0 Å². The third kappa shape index (κ3) is 3.71. The van der Waals surface area contributed by atoms with Crippen molar-refractivity contribution in [2.45, 2.75) is 20.4 Å². The summed E-state index contributed by atoms with van der Waals surface area (Å²) in [6.45, 7) is 8.62. The van der Waals surface area contributed by atoms with Gasteiger partial charge in [-0.15, -0.1) is 0 Å². The lowest BCUT2D eigenvalue weighted by Crippen LogP contribution is -2.49. The van der Waals surface area contributed by atoms with Gasteiger partial charge in [0.25, 0.3) is 5.91 Å². The molecule has 3 heterocycles. The molecule has 2 aromatic heterocycles. The Hall–Kier alpha value is -2.93. The molecule has 0 saturated carbocycles. The van der Waals surface area contributed by atoms with Gasteiger partial charge in [0, 0.05) is 44.5 Å². The molecule has 0 spiro atoms. The van der Waals surface area contributed by atoms with Gasteiger partial charge >= 0.3 is 0 Å². The number of carbonyl (C=O) groups is 1. The minimum absolute atomic E-state index is 0.111. The summed E-state index contributed by atoms with van der Waals surface area (Å²) >= 11 is 0. The molecular formula is C21H24N4O3. The van der Waals surface area contributed by atoms with Crippen LogP contribution in [0, 0.1) is 13.8 Å². The molecule has 0 atom stereocenters. The number of benzene rings is 1. The van der Waals surface area contributed by atoms with E-state index in [4.69, 9.17) is 4.42 Å². The summed E-state index contributed by atoms with van der Waals surface area (Å²) in [5.74, 6) is -0.110. The fourth-order valence-corrected chi connectivity index (χ4v) is 3.68. The lowest BCUT2D eigenvalue weighted by Gasteiger charge is -2.34. The Labute approximate surface area is 163 Å². The van der Waals surface area contributed by atoms with E-state index in [1.807, 2.05) is 11.6 Å². The molecule has 0 unspecified atom stereocenters. The molecule has 146 valence electrons. The van der Waals surface area contributed by atoms with Crippen LogP contribution in [0.15, 0.2) is 45.6 Å². The van der Waals surface area contributed by atoms with Crippen molar-refractivity contribution in [3.63, 3.8) is 0 Å². The molecule has 0 bridgehead atoms. The van der Waals surface area contributed by atoms with E-state index in [9.17, 15) is 9.59 Å². The Morgan fingerprint density at radius 2 is 1.82 bits per heavy atom. The molecule has 0 N–H and O–H groups in total. The minimum Gasteiger partial charge on any atom is -0.451 e. The summed E-state index contributed by atoms with van der Waals surface area (Å²) in [5, 5.41) is 4.99. The molecule has 1 fully saturated rings. The topological polar surface area (TPSA) is 71.6 Å². The maximum absolute atomic E-state index is 12.8. The number of nitrogens with zero attached hydrogens (tertiary/aromatic N) is 4. The number of hydrogen-bond donors (Lipinski definition) is 0. The van der Waals surface area contributed by atoms with E-state index in [0.29, 0.717) is 24.1 Å². The predicted octanol–water partition coefficient (Wildman–Crippen LogP) is 2.06. The number of fused-ring (bicyclic) bond motifs is 1. The standard InChI is InChI=1S/C21H24N4O3/c1-15-13-16(2)25(22-15)12-9-23-7-10-24(11-8-23)21(27)20-14-18(26)17-5-3-4-6-19(17)28-20/h3-6,13-14H,7-12H2,1-2H3. The highest BCUT2D eigenvalue weighted by Gasteiger charge is 2.24. The van der Waals surface area contributed by atoms with Gasteiger partial charge in [-0.3, -0.25) is 19.2 Å². The second kappa shape index (κ2) is 7.59. The summed E-state index contributed by atoms with van der Waals surface area (Å²) < 4.78 is 7.71. The third-order valence-electron chi connectivity index (χ3n) is 5.24. The molecule has 1 saturated heterocycles. The summed E-state index contributed by atoms with van der Waals surface area (Å²) in [5.41, 5.74) is 2.46. The van der Waals surface area contributed by atoms with Crippen molar-refractivity contribution in [3.05, 3.63) is 63.8 Å². The van der Waals surface area contributed by atoms with E-state index in [0.717, 1.165) is 37.6 Å². The van der Waals surface area contributed by atoms with Crippen LogP contribution in [-0.2, 0) is 6.54 Å². The molecule has 1 aliphatic heterocycles. The highest BCUT2D eigenvalue weighted by Crippen LogP contribution is 2.14. The van der Waals surface area contributed by atoms with Crippen molar-refractivity contribution < 1.29 is 9.21 Å². The van der Waals surface area contributed by atoms with Crippen LogP contribution in [0.2, 0.25) is 0 Å². The van der Waals surface area contributed by atoms with Gasteiger partial charge in [0.15, 0.2) is 11.2 Å². The molecule has 28 heavy (non-hydrogen) atoms. The quantitative estimate of drug-likeness (QED) is 0.693. The van der Waals surface area contributed by atoms with E-state index < -0.39 is 0 Å². The van der Waals surface area contributed by atoms with Crippen molar-refractivity contribution >= 4 is 16.9 Å². The maximum Gasteiger partial charge on any atom is 0.289 e. The number of aromatic nitrogens is 2. The molecule has 1 aliphatic rings. The van der Waals surface area contributed by atoms with E-state index in [-0.39, 0.29) is 17.1 Å². The summed E-state index contributed by atoms with van der Waals surface area (Å²) in [6, 6.07) is 10.4. The Balaban J connectivity index is 1.37. The van der Waals surface area contributed by atoms with Crippen molar-refractivity contribution in [3.8, 4) is 0 Å². The maximum atomic E-state index is 12.8. The fourth-order valence-electron chi connectivity index (χ4n) is 3.68. The molecule has 3 aromatic rings. The average Bonchev–Trinajstić information content (AvgIpc) is 3.03.